The van der Waals surface area contributed by atoms with Crippen molar-refractivity contribution in [2.75, 3.05) is 0 Å². The van der Waals surface area contributed by atoms with E-state index in [0.29, 0.717) is 5.56 Å². The van der Waals surface area contributed by atoms with Crippen molar-refractivity contribution < 1.29 is 34.1 Å². The molecule has 1 saturated carbocycles. The molecule has 2 N–H and O–H groups in total. The fraction of sp³-hybridized carbons (Fsp3) is 0.609. The van der Waals surface area contributed by atoms with E-state index in [1.165, 1.54) is 19.1 Å². The van der Waals surface area contributed by atoms with E-state index in [2.05, 4.69) is 0 Å². The molecule has 0 spiro atoms. The van der Waals surface area contributed by atoms with Crippen LogP contribution in [0.3, 0.4) is 0 Å². The molecule has 166 valence electrons. The average molecular weight is 421 g/mol. The summed E-state index contributed by atoms with van der Waals surface area (Å²) >= 11 is 0. The molecular formula is C23H32O7. The quantitative estimate of drug-likeness (QED) is 0.571. The van der Waals surface area contributed by atoms with Crippen LogP contribution in [-0.2, 0) is 23.9 Å². The molecule has 1 aromatic rings. The standard InChI is InChI=1S/C23H32O7/c1-21(2,3)29-19(26)17-15(25)12-23(7,28)18(20(27)30-22(4,5)6)16(17)13-9-8-10-14(24)11-13/h8-11,16-18,24,28H,12H2,1-7H3/t16-,17+,18+,23-/m1/s1. The van der Waals surface area contributed by atoms with Crippen molar-refractivity contribution >= 4 is 17.7 Å². The van der Waals surface area contributed by atoms with Crippen molar-refractivity contribution in [3.63, 3.8) is 0 Å². The maximum absolute atomic E-state index is 13.1. The summed E-state index contributed by atoms with van der Waals surface area (Å²) in [4.78, 5) is 39.2. The van der Waals surface area contributed by atoms with Crippen LogP contribution in [0.1, 0.15) is 66.4 Å². The molecule has 0 amide bonds. The lowest BCUT2D eigenvalue weighted by Gasteiger charge is -2.44. The van der Waals surface area contributed by atoms with Crippen molar-refractivity contribution in [2.45, 2.75) is 77.6 Å². The Bertz CT molecular complexity index is 827. The number of hydrogen-bond donors (Lipinski definition) is 2. The molecule has 7 nitrogen and oxygen atoms in total. The van der Waals surface area contributed by atoms with Crippen molar-refractivity contribution in [3.8, 4) is 5.75 Å². The van der Waals surface area contributed by atoms with E-state index in [9.17, 15) is 24.6 Å². The molecule has 0 unspecified atom stereocenters. The highest BCUT2D eigenvalue weighted by Crippen LogP contribution is 2.47. The van der Waals surface area contributed by atoms with E-state index in [1.807, 2.05) is 0 Å². The first-order chi connectivity index (χ1) is 13.5. The van der Waals surface area contributed by atoms with Crippen molar-refractivity contribution in [1.29, 1.82) is 0 Å². The summed E-state index contributed by atoms with van der Waals surface area (Å²) in [6.45, 7) is 11.5. The van der Waals surface area contributed by atoms with Gasteiger partial charge >= 0.3 is 11.9 Å². The number of benzene rings is 1. The number of aliphatic hydroxyl groups is 1. The highest BCUT2D eigenvalue weighted by molar-refractivity contribution is 6.03. The number of ketones is 1. The highest BCUT2D eigenvalue weighted by atomic mass is 16.6. The van der Waals surface area contributed by atoms with Crippen LogP contribution in [-0.4, -0.2) is 44.7 Å². The molecule has 30 heavy (non-hydrogen) atoms. The molecule has 1 aromatic carbocycles. The minimum Gasteiger partial charge on any atom is -0.508 e. The second kappa shape index (κ2) is 8.02. The Hall–Kier alpha value is -2.41. The van der Waals surface area contributed by atoms with Gasteiger partial charge in [0.05, 0.1) is 11.5 Å². The lowest BCUT2D eigenvalue weighted by molar-refractivity contribution is -0.182. The van der Waals surface area contributed by atoms with Gasteiger partial charge < -0.3 is 19.7 Å². The van der Waals surface area contributed by atoms with E-state index in [0.717, 1.165) is 0 Å². The SMILES string of the molecule is CC(C)(C)OC(=O)[C@H]1C(=O)C[C@@](C)(O)[C@H](C(=O)OC(C)(C)C)[C@@H]1c1cccc(O)c1. The van der Waals surface area contributed by atoms with Crippen LogP contribution < -0.4 is 0 Å². The summed E-state index contributed by atoms with van der Waals surface area (Å²) < 4.78 is 11.0. The van der Waals surface area contributed by atoms with Gasteiger partial charge in [-0.25, -0.2) is 0 Å². The largest absolute Gasteiger partial charge is 0.508 e. The Morgan fingerprint density at radius 1 is 1.03 bits per heavy atom. The Labute approximate surface area is 177 Å². The summed E-state index contributed by atoms with van der Waals surface area (Å²) in [7, 11) is 0. The first-order valence-corrected chi connectivity index (χ1v) is 10.0. The van der Waals surface area contributed by atoms with Crippen LogP contribution >= 0.6 is 0 Å². The van der Waals surface area contributed by atoms with Crippen LogP contribution in [0.25, 0.3) is 0 Å². The van der Waals surface area contributed by atoms with Gasteiger partial charge in [0.25, 0.3) is 0 Å². The predicted octanol–water partition coefficient (Wildman–Crippen LogP) is 3.12. The monoisotopic (exact) mass is 420 g/mol. The second-order valence-electron chi connectivity index (χ2n) is 10.1. The zero-order valence-corrected chi connectivity index (χ0v) is 18.7. The predicted molar refractivity (Wildman–Crippen MR) is 110 cm³/mol. The van der Waals surface area contributed by atoms with Crippen molar-refractivity contribution in [1.82, 2.24) is 0 Å². The number of Topliss-reactive ketones (excluding diaryl/α,β-unsaturated/α-hetero) is 1. The van der Waals surface area contributed by atoms with Crippen molar-refractivity contribution in [2.24, 2.45) is 11.8 Å². The third kappa shape index (κ3) is 5.59. The minimum atomic E-state index is -1.74. The van der Waals surface area contributed by atoms with Gasteiger partial charge in [-0.15, -0.1) is 0 Å². The van der Waals surface area contributed by atoms with Gasteiger partial charge in [-0.05, 0) is 66.2 Å². The Morgan fingerprint density at radius 3 is 2.07 bits per heavy atom. The number of hydrogen-bond acceptors (Lipinski definition) is 7. The first-order valence-electron chi connectivity index (χ1n) is 10.0. The summed E-state index contributed by atoms with van der Waals surface area (Å²) in [5.74, 6) is -5.69. The van der Waals surface area contributed by atoms with Gasteiger partial charge in [0.1, 0.15) is 22.9 Å². The van der Waals surface area contributed by atoms with Crippen LogP contribution in [0.2, 0.25) is 0 Å². The fourth-order valence-corrected chi connectivity index (χ4v) is 3.88. The number of carbonyl (C=O) groups is 3. The van der Waals surface area contributed by atoms with Gasteiger partial charge in [0.15, 0.2) is 5.78 Å². The smallest absolute Gasteiger partial charge is 0.317 e. The Morgan fingerprint density at radius 2 is 1.57 bits per heavy atom. The molecule has 0 saturated heterocycles. The van der Waals surface area contributed by atoms with E-state index >= 15 is 0 Å². The van der Waals surface area contributed by atoms with Gasteiger partial charge in [-0.3, -0.25) is 14.4 Å². The maximum Gasteiger partial charge on any atom is 0.317 e. The van der Waals surface area contributed by atoms with Crippen LogP contribution in [0.5, 0.6) is 5.75 Å². The fourth-order valence-electron chi connectivity index (χ4n) is 3.88. The van der Waals surface area contributed by atoms with Gasteiger partial charge in [-0.2, -0.15) is 0 Å². The Kier molecular flexibility index (Phi) is 6.38. The van der Waals surface area contributed by atoms with Crippen molar-refractivity contribution in [3.05, 3.63) is 29.8 Å². The van der Waals surface area contributed by atoms with E-state index in [4.69, 9.17) is 9.47 Å². The average Bonchev–Trinajstić information content (AvgIpc) is 2.49. The number of carbonyl (C=O) groups excluding carboxylic acids is 3. The topological polar surface area (TPSA) is 110 Å². The molecule has 1 aliphatic carbocycles. The number of esters is 2. The third-order valence-electron chi connectivity index (χ3n) is 4.84. The van der Waals surface area contributed by atoms with Crippen LogP contribution in [0, 0.1) is 11.8 Å². The number of ether oxygens (including phenoxy) is 2. The molecule has 0 aliphatic heterocycles. The summed E-state index contributed by atoms with van der Waals surface area (Å²) in [6.07, 6.45) is -0.393. The van der Waals surface area contributed by atoms with Crippen LogP contribution in [0.4, 0.5) is 0 Å². The number of rotatable bonds is 3. The van der Waals surface area contributed by atoms with E-state index < -0.39 is 58.7 Å². The molecule has 4 atom stereocenters. The maximum atomic E-state index is 13.1. The van der Waals surface area contributed by atoms with Crippen LogP contribution in [0.15, 0.2) is 24.3 Å². The third-order valence-corrected chi connectivity index (χ3v) is 4.84. The molecule has 0 aromatic heterocycles. The molecule has 7 heteroatoms. The van der Waals surface area contributed by atoms with Gasteiger partial charge in [-0.1, -0.05) is 12.1 Å². The molecule has 1 aliphatic rings. The molecule has 2 rings (SSSR count). The van der Waals surface area contributed by atoms with Gasteiger partial charge in [0, 0.05) is 12.3 Å². The lowest BCUT2D eigenvalue weighted by Crippen LogP contribution is -2.56. The molecule has 0 radical (unpaired) electrons. The lowest BCUT2D eigenvalue weighted by atomic mass is 9.61. The van der Waals surface area contributed by atoms with E-state index in [1.54, 1.807) is 53.7 Å². The molecule has 0 heterocycles. The zero-order chi connectivity index (χ0) is 23.1. The minimum absolute atomic E-state index is 0.0870. The summed E-state index contributed by atoms with van der Waals surface area (Å²) in [6, 6.07) is 5.98. The molecule has 1 fully saturated rings. The molecular weight excluding hydrogens is 388 g/mol. The first kappa shape index (κ1) is 23.9. The molecule has 0 bridgehead atoms. The second-order valence-corrected chi connectivity index (χ2v) is 10.1. The number of phenolic OH excluding ortho intramolecular Hbond substituents is 1. The summed E-state index contributed by atoms with van der Waals surface area (Å²) in [5.41, 5.74) is -3.05. The highest BCUT2D eigenvalue weighted by Gasteiger charge is 2.57. The van der Waals surface area contributed by atoms with E-state index in [-0.39, 0.29) is 5.75 Å². The normalized spacial score (nSPS) is 27.5. The zero-order valence-electron chi connectivity index (χ0n) is 18.7. The number of phenols is 1. The Balaban J connectivity index is 2.64. The number of aromatic hydroxyl groups is 1. The summed E-state index contributed by atoms with van der Waals surface area (Å²) in [5, 5.41) is 21.1. The van der Waals surface area contributed by atoms with Gasteiger partial charge in [0.2, 0.25) is 0 Å².